The molecular weight excluding hydrogens is 240 g/mol. The molecule has 0 spiro atoms. The Balaban J connectivity index is -0.000000355. The maximum Gasteiger partial charge on any atom is 0.213 e. The van der Waals surface area contributed by atoms with Gasteiger partial charge in [0.15, 0.2) is 0 Å². The average Bonchev–Trinajstić information content (AvgIpc) is 2.35. The summed E-state index contributed by atoms with van der Waals surface area (Å²) in [6.45, 7) is 4.45. The van der Waals surface area contributed by atoms with Gasteiger partial charge in [-0.1, -0.05) is 17.7 Å². The number of rotatable bonds is 2. The van der Waals surface area contributed by atoms with Gasteiger partial charge in [0.05, 0.1) is 6.61 Å². The Bertz CT molecular complexity index is 276. The summed E-state index contributed by atoms with van der Waals surface area (Å²) in [7, 11) is 2.50. The van der Waals surface area contributed by atoms with Gasteiger partial charge in [-0.2, -0.15) is 0 Å². The number of nitrogens with one attached hydrogen (secondary N) is 1. The van der Waals surface area contributed by atoms with E-state index in [0.717, 1.165) is 12.7 Å². The van der Waals surface area contributed by atoms with Crippen LogP contribution in [0, 0.1) is 12.3 Å². The minimum Gasteiger partial charge on any atom is -0.478 e. The lowest BCUT2D eigenvalue weighted by molar-refractivity contribution is 0.325. The van der Waals surface area contributed by atoms with Crippen LogP contribution in [0.15, 0.2) is 24.3 Å². The second-order valence-corrected chi connectivity index (χ2v) is 2.63. The van der Waals surface area contributed by atoms with E-state index in [9.17, 15) is 0 Å². The van der Waals surface area contributed by atoms with E-state index in [1.54, 1.807) is 0 Å². The highest BCUT2D eigenvalue weighted by atomic mass is 35.5. The third kappa shape index (κ3) is 9.81. The van der Waals surface area contributed by atoms with Crippen LogP contribution >= 0.6 is 12.4 Å². The Labute approximate surface area is 110 Å². The number of nitrogens with two attached hydrogens (primary N) is 1. The Kier molecular flexibility index (Phi) is 18.6. The zero-order valence-corrected chi connectivity index (χ0v) is 11.7. The molecule has 0 bridgehead atoms. The van der Waals surface area contributed by atoms with Crippen LogP contribution in [0.5, 0.6) is 0 Å². The van der Waals surface area contributed by atoms with Crippen molar-refractivity contribution in [1.82, 2.24) is 0 Å². The Morgan fingerprint density at radius 3 is 2.00 bits per heavy atom. The maximum atomic E-state index is 7.48. The van der Waals surface area contributed by atoms with Crippen molar-refractivity contribution in [3.63, 3.8) is 0 Å². The number of aryl methyl sites for hydroxylation is 1. The van der Waals surface area contributed by atoms with E-state index < -0.39 is 0 Å². The van der Waals surface area contributed by atoms with Gasteiger partial charge in [0, 0.05) is 12.7 Å². The molecule has 0 radical (unpaired) electrons. The number of ether oxygens (including phenoxy) is 1. The Hall–Kier alpha value is -1.10. The van der Waals surface area contributed by atoms with E-state index >= 15 is 0 Å². The van der Waals surface area contributed by atoms with E-state index in [-0.39, 0.29) is 18.3 Å². The standard InChI is InChI=1S/C10H13NO.CH5N.CH4O.ClH/c1-3-12-10(11)9-6-4-8(2)5-7-9;2*1-2;/h4-7,11H,3H2,1-2H3;2H2,1H3;2H,1H3;1H. The predicted molar refractivity (Wildman–Crippen MR) is 75.1 cm³/mol. The molecule has 1 aromatic rings. The molecule has 0 aliphatic rings. The highest BCUT2D eigenvalue weighted by Crippen LogP contribution is 2.04. The molecule has 100 valence electrons. The van der Waals surface area contributed by atoms with Crippen molar-refractivity contribution in [3.05, 3.63) is 35.4 Å². The molecule has 0 unspecified atom stereocenters. The molecule has 17 heavy (non-hydrogen) atoms. The lowest BCUT2D eigenvalue weighted by Crippen LogP contribution is -2.04. The molecule has 1 aromatic carbocycles. The van der Waals surface area contributed by atoms with Crippen molar-refractivity contribution in [2.24, 2.45) is 5.73 Å². The summed E-state index contributed by atoms with van der Waals surface area (Å²) in [5.74, 6) is 0.248. The Morgan fingerprint density at radius 1 is 1.24 bits per heavy atom. The lowest BCUT2D eigenvalue weighted by atomic mass is 10.1. The molecule has 0 fully saturated rings. The van der Waals surface area contributed by atoms with Crippen LogP contribution in [0.25, 0.3) is 0 Å². The van der Waals surface area contributed by atoms with Crippen molar-refractivity contribution in [1.29, 1.82) is 5.41 Å². The van der Waals surface area contributed by atoms with Gasteiger partial charge in [0.25, 0.3) is 0 Å². The van der Waals surface area contributed by atoms with Gasteiger partial charge in [-0.15, -0.1) is 12.4 Å². The van der Waals surface area contributed by atoms with Crippen LogP contribution in [-0.2, 0) is 4.74 Å². The maximum absolute atomic E-state index is 7.48. The number of hydrogen-bond donors (Lipinski definition) is 3. The summed E-state index contributed by atoms with van der Waals surface area (Å²) in [4.78, 5) is 0. The topological polar surface area (TPSA) is 79.3 Å². The van der Waals surface area contributed by atoms with Gasteiger partial charge in [-0.25, -0.2) is 0 Å². The van der Waals surface area contributed by atoms with Crippen LogP contribution in [0.2, 0.25) is 0 Å². The molecule has 0 atom stereocenters. The van der Waals surface area contributed by atoms with Crippen molar-refractivity contribution in [3.8, 4) is 0 Å². The first-order valence-electron chi connectivity index (χ1n) is 5.05. The van der Waals surface area contributed by atoms with Gasteiger partial charge >= 0.3 is 0 Å². The molecule has 0 amide bonds. The fourth-order valence-corrected chi connectivity index (χ4v) is 0.933. The quantitative estimate of drug-likeness (QED) is 0.563. The van der Waals surface area contributed by atoms with Crippen molar-refractivity contribution < 1.29 is 9.84 Å². The summed E-state index contributed by atoms with van der Waals surface area (Å²) in [6.07, 6.45) is 0. The smallest absolute Gasteiger partial charge is 0.213 e. The Morgan fingerprint density at radius 2 is 1.65 bits per heavy atom. The average molecular weight is 263 g/mol. The van der Waals surface area contributed by atoms with Crippen LogP contribution < -0.4 is 5.73 Å². The molecule has 0 saturated carbocycles. The van der Waals surface area contributed by atoms with Crippen molar-refractivity contribution in [2.45, 2.75) is 13.8 Å². The largest absolute Gasteiger partial charge is 0.478 e. The van der Waals surface area contributed by atoms with Crippen molar-refractivity contribution >= 4 is 18.3 Å². The number of aliphatic hydroxyl groups is 1. The van der Waals surface area contributed by atoms with Gasteiger partial charge in [-0.05, 0) is 33.0 Å². The molecule has 5 heteroatoms. The summed E-state index contributed by atoms with van der Waals surface area (Å²) < 4.78 is 5.05. The minimum absolute atomic E-state index is 0. The van der Waals surface area contributed by atoms with Crippen LogP contribution in [0.1, 0.15) is 18.1 Å². The third-order valence-corrected chi connectivity index (χ3v) is 1.60. The highest BCUT2D eigenvalue weighted by Gasteiger charge is 1.99. The predicted octanol–water partition coefficient (Wildman–Crippen LogP) is 1.96. The normalized spacial score (nSPS) is 7.41. The van der Waals surface area contributed by atoms with Crippen LogP contribution in [0.3, 0.4) is 0 Å². The zero-order valence-electron chi connectivity index (χ0n) is 10.9. The SMILES string of the molecule is CCOC(=N)c1ccc(C)cc1.CN.CO.Cl. The zero-order chi connectivity index (χ0) is 13.0. The third-order valence-electron chi connectivity index (χ3n) is 1.60. The molecule has 0 heterocycles. The van der Waals surface area contributed by atoms with E-state index in [0.29, 0.717) is 6.61 Å². The second-order valence-electron chi connectivity index (χ2n) is 2.63. The van der Waals surface area contributed by atoms with E-state index in [1.807, 2.05) is 38.1 Å². The molecule has 0 aliphatic carbocycles. The number of hydrogen-bond acceptors (Lipinski definition) is 4. The highest BCUT2D eigenvalue weighted by molar-refractivity contribution is 5.91. The number of benzene rings is 1. The molecule has 0 saturated heterocycles. The molecule has 1 rings (SSSR count). The number of halogens is 1. The first-order chi connectivity index (χ1) is 7.74. The van der Waals surface area contributed by atoms with Gasteiger partial charge < -0.3 is 15.6 Å². The molecule has 4 nitrogen and oxygen atoms in total. The van der Waals surface area contributed by atoms with Gasteiger partial charge in [0.1, 0.15) is 0 Å². The fraction of sp³-hybridized carbons (Fsp3) is 0.417. The molecular formula is C12H23ClN2O2. The van der Waals surface area contributed by atoms with Crippen molar-refractivity contribution in [2.75, 3.05) is 20.8 Å². The first-order valence-corrected chi connectivity index (χ1v) is 5.05. The minimum atomic E-state index is 0. The van der Waals surface area contributed by atoms with Gasteiger partial charge in [0.2, 0.25) is 5.90 Å². The lowest BCUT2D eigenvalue weighted by Gasteiger charge is -2.04. The summed E-state index contributed by atoms with van der Waals surface area (Å²) in [5, 5.41) is 14.5. The second kappa shape index (κ2) is 14.9. The fourth-order valence-electron chi connectivity index (χ4n) is 0.933. The van der Waals surface area contributed by atoms with E-state index in [2.05, 4.69) is 5.73 Å². The summed E-state index contributed by atoms with van der Waals surface area (Å²) >= 11 is 0. The van der Waals surface area contributed by atoms with E-state index in [4.69, 9.17) is 15.3 Å². The van der Waals surface area contributed by atoms with Crippen LogP contribution in [0.4, 0.5) is 0 Å². The van der Waals surface area contributed by atoms with Gasteiger partial charge in [-0.3, -0.25) is 5.41 Å². The molecule has 4 N–H and O–H groups in total. The summed E-state index contributed by atoms with van der Waals surface area (Å²) in [5.41, 5.74) is 6.53. The molecule has 0 aromatic heterocycles. The monoisotopic (exact) mass is 262 g/mol. The van der Waals surface area contributed by atoms with Crippen LogP contribution in [-0.4, -0.2) is 31.8 Å². The molecule has 0 aliphatic heterocycles. The first kappa shape index (κ1) is 21.2. The number of aliphatic hydroxyl groups excluding tert-OH is 1. The van der Waals surface area contributed by atoms with E-state index in [1.165, 1.54) is 12.6 Å². The summed E-state index contributed by atoms with van der Waals surface area (Å²) in [6, 6.07) is 7.74.